The Morgan fingerprint density at radius 2 is 2.03 bits per heavy atom. The molecule has 1 spiro atoms. The van der Waals surface area contributed by atoms with E-state index in [0.717, 1.165) is 56.3 Å². The van der Waals surface area contributed by atoms with E-state index < -0.39 is 11.4 Å². The highest BCUT2D eigenvalue weighted by molar-refractivity contribution is 7.99. The van der Waals surface area contributed by atoms with E-state index in [1.807, 2.05) is 33.2 Å². The second kappa shape index (κ2) is 9.50. The number of fused-ring (bicyclic) bond motifs is 1. The lowest BCUT2D eigenvalue weighted by molar-refractivity contribution is 0.0973. The Morgan fingerprint density at radius 3 is 2.74 bits per heavy atom. The van der Waals surface area contributed by atoms with Crippen LogP contribution in [0.4, 0.5) is 11.5 Å². The Hall–Kier alpha value is -1.52. The highest BCUT2D eigenvalue weighted by Crippen LogP contribution is 2.43. The number of rotatable bonds is 5. The summed E-state index contributed by atoms with van der Waals surface area (Å²) < 4.78 is 22.0. The van der Waals surface area contributed by atoms with Gasteiger partial charge in [-0.15, -0.1) is 4.72 Å². The van der Waals surface area contributed by atoms with Crippen LogP contribution < -0.4 is 14.9 Å². The van der Waals surface area contributed by atoms with E-state index in [4.69, 9.17) is 14.7 Å². The molecule has 2 N–H and O–H groups in total. The highest BCUT2D eigenvalue weighted by atomic mass is 32.2. The third-order valence-corrected chi connectivity index (χ3v) is 9.89. The monoisotopic (exact) mass is 501 g/mol. The van der Waals surface area contributed by atoms with Gasteiger partial charge in [0.2, 0.25) is 0 Å². The van der Waals surface area contributed by atoms with Crippen molar-refractivity contribution in [3.05, 3.63) is 36.2 Å². The molecule has 0 aliphatic carbocycles. The molecule has 2 saturated heterocycles. The van der Waals surface area contributed by atoms with E-state index in [0.29, 0.717) is 0 Å². The van der Waals surface area contributed by atoms with Crippen molar-refractivity contribution in [3.63, 3.8) is 0 Å². The van der Waals surface area contributed by atoms with Crippen LogP contribution >= 0.6 is 11.8 Å². The van der Waals surface area contributed by atoms with Gasteiger partial charge in [-0.1, -0.05) is 17.8 Å². The van der Waals surface area contributed by atoms with Crippen molar-refractivity contribution < 1.29 is 9.29 Å². The minimum atomic E-state index is -1.11. The average Bonchev–Trinajstić information content (AvgIpc) is 3.41. The summed E-state index contributed by atoms with van der Waals surface area (Å²) in [7, 11) is 0. The summed E-state index contributed by atoms with van der Waals surface area (Å²) in [4.78, 5) is 13.0. The van der Waals surface area contributed by atoms with Crippen molar-refractivity contribution in [2.45, 2.75) is 73.8 Å². The van der Waals surface area contributed by atoms with Gasteiger partial charge in [-0.25, -0.2) is 9.97 Å². The quantitative estimate of drug-likeness (QED) is 0.594. The molecule has 4 heterocycles. The second-order valence-corrected chi connectivity index (χ2v) is 13.7. The molecule has 0 unspecified atom stereocenters. The molecule has 2 fully saturated rings. The fraction of sp³-hybridized carbons (Fsp3) is 0.600. The van der Waals surface area contributed by atoms with Crippen molar-refractivity contribution in [1.82, 2.24) is 14.7 Å². The molecule has 184 valence electrons. The van der Waals surface area contributed by atoms with Gasteiger partial charge in [-0.3, -0.25) is 0 Å². The molecular formula is C25H35N5O2S2. The Morgan fingerprint density at radius 1 is 1.24 bits per heavy atom. The third kappa shape index (κ3) is 4.78. The number of ether oxygens (including phenoxy) is 1. The minimum Gasteiger partial charge on any atom is -0.598 e. The number of benzene rings is 1. The smallest absolute Gasteiger partial charge is 0.147 e. The fourth-order valence-electron chi connectivity index (χ4n) is 5.18. The zero-order valence-corrected chi connectivity index (χ0v) is 22.1. The molecule has 34 heavy (non-hydrogen) atoms. The number of anilines is 2. The van der Waals surface area contributed by atoms with Crippen LogP contribution in [0.5, 0.6) is 0 Å². The Bertz CT molecular complexity index is 1010. The molecule has 3 aliphatic heterocycles. The van der Waals surface area contributed by atoms with Crippen LogP contribution in [0.15, 0.2) is 40.5 Å². The Labute approximate surface area is 210 Å². The van der Waals surface area contributed by atoms with E-state index in [1.165, 1.54) is 16.1 Å². The van der Waals surface area contributed by atoms with Crippen LogP contribution in [0, 0.1) is 5.41 Å². The van der Waals surface area contributed by atoms with Crippen molar-refractivity contribution >= 4 is 34.6 Å². The second-order valence-electron chi connectivity index (χ2n) is 10.6. The maximum Gasteiger partial charge on any atom is 0.147 e. The number of nitrogens with zero attached hydrogens (tertiary/aromatic N) is 3. The number of hydrogen-bond donors (Lipinski definition) is 2. The first-order chi connectivity index (χ1) is 16.2. The van der Waals surface area contributed by atoms with Gasteiger partial charge >= 0.3 is 0 Å². The van der Waals surface area contributed by atoms with Gasteiger partial charge in [-0.2, -0.15) is 0 Å². The first-order valence-corrected chi connectivity index (χ1v) is 14.1. The number of piperidine rings is 1. The first-order valence-electron chi connectivity index (χ1n) is 12.2. The van der Waals surface area contributed by atoms with Crippen LogP contribution in [0.25, 0.3) is 0 Å². The maximum absolute atomic E-state index is 12.8. The van der Waals surface area contributed by atoms with Crippen LogP contribution in [0.3, 0.4) is 0 Å². The van der Waals surface area contributed by atoms with E-state index in [1.54, 1.807) is 11.8 Å². The largest absolute Gasteiger partial charge is 0.598 e. The van der Waals surface area contributed by atoms with E-state index in [-0.39, 0.29) is 22.3 Å². The highest BCUT2D eigenvalue weighted by Gasteiger charge is 2.52. The SMILES string of the molecule is C[C@@H]1OCC2(CCN(c3cnc(Sc4cccc5c4CCN5)cn3)CC2)[C@@H]1N[S@+]([O-])C(C)(C)C. The van der Waals surface area contributed by atoms with Gasteiger partial charge in [0.1, 0.15) is 15.6 Å². The molecule has 7 nitrogen and oxygen atoms in total. The van der Waals surface area contributed by atoms with Crippen LogP contribution in [0.2, 0.25) is 0 Å². The van der Waals surface area contributed by atoms with E-state index in [9.17, 15) is 4.55 Å². The summed E-state index contributed by atoms with van der Waals surface area (Å²) in [6.07, 6.45) is 6.88. The van der Waals surface area contributed by atoms with E-state index in [2.05, 4.69) is 40.1 Å². The molecule has 0 amide bonds. The van der Waals surface area contributed by atoms with Crippen molar-refractivity contribution in [2.75, 3.05) is 36.5 Å². The van der Waals surface area contributed by atoms with Gasteiger partial charge in [0.15, 0.2) is 0 Å². The van der Waals surface area contributed by atoms with Gasteiger partial charge in [0.25, 0.3) is 0 Å². The molecule has 1 aromatic heterocycles. The van der Waals surface area contributed by atoms with Gasteiger partial charge < -0.3 is 19.5 Å². The Balaban J connectivity index is 1.22. The molecule has 0 saturated carbocycles. The predicted octanol–water partition coefficient (Wildman–Crippen LogP) is 4.02. The zero-order chi connectivity index (χ0) is 23.9. The molecule has 5 rings (SSSR count). The van der Waals surface area contributed by atoms with Crippen LogP contribution in [-0.4, -0.2) is 57.7 Å². The maximum atomic E-state index is 12.8. The molecule has 9 heteroatoms. The number of hydrogen-bond acceptors (Lipinski definition) is 8. The molecule has 0 radical (unpaired) electrons. The normalized spacial score (nSPS) is 24.8. The number of aromatic nitrogens is 2. The van der Waals surface area contributed by atoms with Crippen molar-refractivity contribution in [2.24, 2.45) is 5.41 Å². The summed E-state index contributed by atoms with van der Waals surface area (Å²) >= 11 is 0.574. The Kier molecular flexibility index (Phi) is 6.76. The summed E-state index contributed by atoms with van der Waals surface area (Å²) in [5, 5.41) is 4.36. The molecule has 3 atom stereocenters. The molecule has 2 aromatic rings. The summed E-state index contributed by atoms with van der Waals surface area (Å²) in [6.45, 7) is 11.6. The predicted molar refractivity (Wildman–Crippen MR) is 139 cm³/mol. The first kappa shape index (κ1) is 24.2. The standard InChI is InChI=1S/C25H35N5O2S2/c1-17-23(29-34(31)24(2,3)4)25(16-32-17)9-12-30(13-10-25)21-14-28-22(15-27-21)33-20-7-5-6-19-18(20)8-11-26-19/h5-7,14-15,17,23,26,29H,8-13,16H2,1-4H3/t17-,23+,34+/m0/s1. The van der Waals surface area contributed by atoms with Crippen molar-refractivity contribution in [1.29, 1.82) is 0 Å². The molecular weight excluding hydrogens is 466 g/mol. The van der Waals surface area contributed by atoms with Gasteiger partial charge in [0, 0.05) is 47.0 Å². The van der Waals surface area contributed by atoms with Gasteiger partial charge in [-0.05, 0) is 64.7 Å². The lowest BCUT2D eigenvalue weighted by atomic mass is 9.73. The summed E-state index contributed by atoms with van der Waals surface area (Å²) in [5.41, 5.74) is 2.63. The minimum absolute atomic E-state index is 0.0156. The van der Waals surface area contributed by atoms with Crippen molar-refractivity contribution in [3.8, 4) is 0 Å². The van der Waals surface area contributed by atoms with Crippen LogP contribution in [0.1, 0.15) is 46.1 Å². The van der Waals surface area contributed by atoms with Gasteiger partial charge in [0.05, 0.1) is 31.1 Å². The summed E-state index contributed by atoms with van der Waals surface area (Å²) in [6, 6.07) is 6.50. The van der Waals surface area contributed by atoms with E-state index >= 15 is 0 Å². The lowest BCUT2D eigenvalue weighted by Gasteiger charge is -2.43. The number of nitrogens with one attached hydrogen (secondary N) is 2. The fourth-order valence-corrected chi connectivity index (χ4v) is 7.12. The third-order valence-electron chi connectivity index (χ3n) is 7.29. The topological polar surface area (TPSA) is 85.4 Å². The zero-order valence-electron chi connectivity index (χ0n) is 20.5. The molecule has 0 bridgehead atoms. The van der Waals surface area contributed by atoms with Crippen LogP contribution in [-0.2, 0) is 22.5 Å². The average molecular weight is 502 g/mol. The summed E-state index contributed by atoms with van der Waals surface area (Å²) in [5.74, 6) is 0.925. The lowest BCUT2D eigenvalue weighted by Crippen LogP contribution is -2.56. The molecule has 3 aliphatic rings. The molecule has 1 aromatic carbocycles.